The number of nitrogens with zero attached hydrogens (tertiary/aromatic N) is 3. The number of anilines is 1. The van der Waals surface area contributed by atoms with Crippen LogP contribution in [0.15, 0.2) is 41.2 Å². The van der Waals surface area contributed by atoms with Gasteiger partial charge in [0.1, 0.15) is 0 Å². The van der Waals surface area contributed by atoms with E-state index < -0.39 is 0 Å². The van der Waals surface area contributed by atoms with Crippen molar-refractivity contribution in [2.24, 2.45) is 7.05 Å². The van der Waals surface area contributed by atoms with Crippen molar-refractivity contribution in [3.63, 3.8) is 0 Å². The molecule has 19 heavy (non-hydrogen) atoms. The predicted molar refractivity (Wildman–Crippen MR) is 73.3 cm³/mol. The maximum atomic E-state index is 5.93. The van der Waals surface area contributed by atoms with Crippen LogP contribution in [0.2, 0.25) is 0 Å². The van der Waals surface area contributed by atoms with Gasteiger partial charge in [-0.3, -0.25) is 0 Å². The first kappa shape index (κ1) is 11.5. The molecule has 0 atom stereocenters. The average Bonchev–Trinajstić information content (AvgIpc) is 2.96. The standard InChI is InChI=1S/C14H14N4O/c1-9-5-3-4-6-10(9)11-12(17-19-13(11)15)14-16-7-8-18(14)2/h3-8H,15H2,1-2H3. The number of aromatic nitrogens is 3. The zero-order valence-corrected chi connectivity index (χ0v) is 10.8. The summed E-state index contributed by atoms with van der Waals surface area (Å²) in [6.07, 6.45) is 3.59. The molecule has 0 saturated heterocycles. The molecule has 0 radical (unpaired) electrons. The summed E-state index contributed by atoms with van der Waals surface area (Å²) >= 11 is 0. The first-order valence-electron chi connectivity index (χ1n) is 5.97. The minimum atomic E-state index is 0.312. The van der Waals surface area contributed by atoms with Crippen LogP contribution in [0.3, 0.4) is 0 Å². The average molecular weight is 254 g/mol. The van der Waals surface area contributed by atoms with Crippen LogP contribution in [0.25, 0.3) is 22.6 Å². The van der Waals surface area contributed by atoms with Gasteiger partial charge in [0.2, 0.25) is 5.88 Å². The van der Waals surface area contributed by atoms with E-state index in [9.17, 15) is 0 Å². The Bertz CT molecular complexity index is 727. The van der Waals surface area contributed by atoms with Crippen molar-refractivity contribution in [1.82, 2.24) is 14.7 Å². The van der Waals surface area contributed by atoms with Gasteiger partial charge in [0.05, 0.1) is 5.56 Å². The zero-order chi connectivity index (χ0) is 13.4. The molecule has 0 fully saturated rings. The Morgan fingerprint density at radius 1 is 1.26 bits per heavy atom. The van der Waals surface area contributed by atoms with E-state index in [0.717, 1.165) is 22.5 Å². The molecule has 0 bridgehead atoms. The van der Waals surface area contributed by atoms with E-state index in [0.29, 0.717) is 11.6 Å². The van der Waals surface area contributed by atoms with Gasteiger partial charge in [-0.15, -0.1) is 0 Å². The SMILES string of the molecule is Cc1ccccc1-c1c(-c2nccn2C)noc1N. The van der Waals surface area contributed by atoms with Gasteiger partial charge >= 0.3 is 0 Å². The van der Waals surface area contributed by atoms with Crippen molar-refractivity contribution in [2.45, 2.75) is 6.92 Å². The lowest BCUT2D eigenvalue weighted by atomic mass is 10.00. The smallest absolute Gasteiger partial charge is 0.230 e. The molecule has 3 rings (SSSR count). The van der Waals surface area contributed by atoms with Gasteiger partial charge in [-0.1, -0.05) is 29.4 Å². The van der Waals surface area contributed by atoms with Gasteiger partial charge in [-0.2, -0.15) is 0 Å². The summed E-state index contributed by atoms with van der Waals surface area (Å²) < 4.78 is 7.05. The van der Waals surface area contributed by atoms with Crippen molar-refractivity contribution >= 4 is 5.88 Å². The van der Waals surface area contributed by atoms with Crippen LogP contribution >= 0.6 is 0 Å². The molecule has 2 N–H and O–H groups in total. The number of nitrogens with two attached hydrogens (primary N) is 1. The van der Waals surface area contributed by atoms with E-state index in [1.807, 2.05) is 49.0 Å². The fraction of sp³-hybridized carbons (Fsp3) is 0.143. The van der Waals surface area contributed by atoms with E-state index in [1.54, 1.807) is 6.20 Å². The lowest BCUT2D eigenvalue weighted by Crippen LogP contribution is -1.95. The Hall–Kier alpha value is -2.56. The second-order valence-electron chi connectivity index (χ2n) is 4.45. The quantitative estimate of drug-likeness (QED) is 0.763. The third-order valence-electron chi connectivity index (χ3n) is 3.17. The molecule has 96 valence electrons. The molecule has 0 aliphatic carbocycles. The van der Waals surface area contributed by atoms with Gasteiger partial charge in [0.25, 0.3) is 0 Å². The molecule has 2 heterocycles. The molecule has 0 amide bonds. The molecular formula is C14H14N4O. The van der Waals surface area contributed by atoms with Crippen molar-refractivity contribution in [1.29, 1.82) is 0 Å². The topological polar surface area (TPSA) is 69.9 Å². The predicted octanol–water partition coefficient (Wildman–Crippen LogP) is 2.63. The summed E-state index contributed by atoms with van der Waals surface area (Å²) in [5.41, 5.74) is 9.53. The molecule has 0 unspecified atom stereocenters. The summed E-state index contributed by atoms with van der Waals surface area (Å²) in [5, 5.41) is 4.05. The van der Waals surface area contributed by atoms with Gasteiger partial charge in [-0.05, 0) is 18.1 Å². The summed E-state index contributed by atoms with van der Waals surface area (Å²) in [6, 6.07) is 7.99. The Morgan fingerprint density at radius 2 is 2.05 bits per heavy atom. The third-order valence-corrected chi connectivity index (χ3v) is 3.17. The van der Waals surface area contributed by atoms with E-state index in [2.05, 4.69) is 10.1 Å². The minimum Gasteiger partial charge on any atom is -0.367 e. The number of imidazole rings is 1. The number of aryl methyl sites for hydroxylation is 2. The van der Waals surface area contributed by atoms with Crippen LogP contribution in [-0.4, -0.2) is 14.7 Å². The van der Waals surface area contributed by atoms with Gasteiger partial charge in [0, 0.05) is 19.4 Å². The van der Waals surface area contributed by atoms with Crippen LogP contribution in [0, 0.1) is 6.92 Å². The van der Waals surface area contributed by atoms with E-state index >= 15 is 0 Å². The van der Waals surface area contributed by atoms with Crippen LogP contribution in [0.4, 0.5) is 5.88 Å². The molecule has 5 heteroatoms. The molecule has 5 nitrogen and oxygen atoms in total. The lowest BCUT2D eigenvalue weighted by molar-refractivity contribution is 0.438. The van der Waals surface area contributed by atoms with Crippen molar-refractivity contribution in [3.05, 3.63) is 42.2 Å². The number of rotatable bonds is 2. The first-order chi connectivity index (χ1) is 9.18. The van der Waals surface area contributed by atoms with Crippen LogP contribution in [0.1, 0.15) is 5.56 Å². The number of benzene rings is 1. The Balaban J connectivity index is 2.26. The molecule has 1 aromatic carbocycles. The normalized spacial score (nSPS) is 10.8. The van der Waals surface area contributed by atoms with Crippen molar-refractivity contribution in [3.8, 4) is 22.6 Å². The molecule has 0 aliphatic heterocycles. The summed E-state index contributed by atoms with van der Waals surface area (Å²) in [4.78, 5) is 4.30. The lowest BCUT2D eigenvalue weighted by Gasteiger charge is -2.05. The van der Waals surface area contributed by atoms with Gasteiger partial charge in [-0.25, -0.2) is 4.98 Å². The largest absolute Gasteiger partial charge is 0.367 e. The molecule has 0 aliphatic rings. The highest BCUT2D eigenvalue weighted by Gasteiger charge is 2.21. The zero-order valence-electron chi connectivity index (χ0n) is 10.8. The molecule has 0 spiro atoms. The number of nitrogen functional groups attached to an aromatic ring is 1. The number of hydrogen-bond acceptors (Lipinski definition) is 4. The molecule has 3 aromatic rings. The third kappa shape index (κ3) is 1.79. The first-order valence-corrected chi connectivity index (χ1v) is 5.97. The van der Waals surface area contributed by atoms with Crippen LogP contribution < -0.4 is 5.73 Å². The van der Waals surface area contributed by atoms with Gasteiger partial charge in [0.15, 0.2) is 11.5 Å². The summed E-state index contributed by atoms with van der Waals surface area (Å²) in [7, 11) is 1.91. The Labute approximate surface area is 110 Å². The maximum absolute atomic E-state index is 5.93. The molecule has 0 saturated carbocycles. The van der Waals surface area contributed by atoms with E-state index in [-0.39, 0.29) is 0 Å². The summed E-state index contributed by atoms with van der Waals surface area (Å²) in [6.45, 7) is 2.03. The van der Waals surface area contributed by atoms with Crippen LogP contribution in [0.5, 0.6) is 0 Å². The van der Waals surface area contributed by atoms with Crippen LogP contribution in [-0.2, 0) is 7.05 Å². The fourth-order valence-electron chi connectivity index (χ4n) is 2.16. The highest BCUT2D eigenvalue weighted by Crippen LogP contribution is 2.36. The second-order valence-corrected chi connectivity index (χ2v) is 4.45. The number of hydrogen-bond donors (Lipinski definition) is 1. The second kappa shape index (κ2) is 4.28. The molecule has 2 aromatic heterocycles. The van der Waals surface area contributed by atoms with E-state index in [4.69, 9.17) is 10.3 Å². The fourth-order valence-corrected chi connectivity index (χ4v) is 2.16. The van der Waals surface area contributed by atoms with Crippen molar-refractivity contribution < 1.29 is 4.52 Å². The molecular weight excluding hydrogens is 240 g/mol. The van der Waals surface area contributed by atoms with Gasteiger partial charge < -0.3 is 14.8 Å². The maximum Gasteiger partial charge on any atom is 0.230 e. The van der Waals surface area contributed by atoms with Crippen molar-refractivity contribution in [2.75, 3.05) is 5.73 Å². The minimum absolute atomic E-state index is 0.312. The highest BCUT2D eigenvalue weighted by atomic mass is 16.5. The Kier molecular flexibility index (Phi) is 2.59. The monoisotopic (exact) mass is 254 g/mol. The Morgan fingerprint density at radius 3 is 2.74 bits per heavy atom. The van der Waals surface area contributed by atoms with E-state index in [1.165, 1.54) is 0 Å². The highest BCUT2D eigenvalue weighted by molar-refractivity contribution is 5.86. The summed E-state index contributed by atoms with van der Waals surface area (Å²) in [5.74, 6) is 1.05.